The number of furan rings is 1. The Morgan fingerprint density at radius 3 is 2.71 bits per heavy atom. The highest BCUT2D eigenvalue weighted by Crippen LogP contribution is 2.17. The Kier molecular flexibility index (Phi) is 5.67. The van der Waals surface area contributed by atoms with Gasteiger partial charge in [-0.2, -0.15) is 0 Å². The van der Waals surface area contributed by atoms with Crippen LogP contribution in [0.5, 0.6) is 0 Å². The van der Waals surface area contributed by atoms with E-state index in [-0.39, 0.29) is 12.5 Å². The lowest BCUT2D eigenvalue weighted by molar-refractivity contribution is -0.133. The number of aliphatic hydroxyl groups excluding tert-OH is 1. The summed E-state index contributed by atoms with van der Waals surface area (Å²) < 4.78 is 5.42. The van der Waals surface area contributed by atoms with E-state index in [2.05, 4.69) is 4.90 Å². The van der Waals surface area contributed by atoms with Gasteiger partial charge in [0.25, 0.3) is 0 Å². The van der Waals surface area contributed by atoms with Gasteiger partial charge in [-0.15, -0.1) is 0 Å². The van der Waals surface area contributed by atoms with Gasteiger partial charge in [0.2, 0.25) is 5.91 Å². The van der Waals surface area contributed by atoms with E-state index in [4.69, 9.17) is 4.42 Å². The molecule has 5 nitrogen and oxygen atoms in total. The molecule has 1 aromatic carbocycles. The molecule has 1 atom stereocenters. The topological polar surface area (TPSA) is 56.9 Å². The molecule has 0 saturated carbocycles. The molecule has 1 aromatic heterocycles. The van der Waals surface area contributed by atoms with Crippen molar-refractivity contribution in [3.63, 3.8) is 0 Å². The fourth-order valence-corrected chi connectivity index (χ4v) is 3.12. The van der Waals surface area contributed by atoms with E-state index in [1.54, 1.807) is 6.26 Å². The lowest BCUT2D eigenvalue weighted by Gasteiger charge is -2.25. The maximum Gasteiger partial charge on any atom is 0.237 e. The normalized spacial score (nSPS) is 18.0. The standard InChI is InChI=1S/C19H24N2O3/c22-15-17-8-9-20(11-17)14-19(23)21(13-18-7-4-10-24-18)12-16-5-2-1-3-6-16/h1-7,10,17,22H,8-9,11-15H2. The lowest BCUT2D eigenvalue weighted by Crippen LogP contribution is -2.39. The Morgan fingerprint density at radius 2 is 2.04 bits per heavy atom. The van der Waals surface area contributed by atoms with E-state index in [9.17, 15) is 9.90 Å². The summed E-state index contributed by atoms with van der Waals surface area (Å²) >= 11 is 0. The number of carbonyl (C=O) groups excluding carboxylic acids is 1. The molecule has 24 heavy (non-hydrogen) atoms. The molecule has 0 aliphatic carbocycles. The first-order valence-electron chi connectivity index (χ1n) is 8.42. The van der Waals surface area contributed by atoms with Gasteiger partial charge in [-0.3, -0.25) is 9.69 Å². The smallest absolute Gasteiger partial charge is 0.237 e. The molecule has 0 bridgehead atoms. The molecule has 1 N–H and O–H groups in total. The van der Waals surface area contributed by atoms with Crippen LogP contribution < -0.4 is 0 Å². The molecule has 128 valence electrons. The second-order valence-electron chi connectivity index (χ2n) is 6.39. The van der Waals surface area contributed by atoms with Crippen molar-refractivity contribution in [3.8, 4) is 0 Å². The van der Waals surface area contributed by atoms with E-state index in [1.165, 1.54) is 0 Å². The first kappa shape index (κ1) is 16.7. The van der Waals surface area contributed by atoms with Crippen molar-refractivity contribution in [1.82, 2.24) is 9.80 Å². The molecule has 1 saturated heterocycles. The summed E-state index contributed by atoms with van der Waals surface area (Å²) in [6.07, 6.45) is 2.59. The molecular formula is C19H24N2O3. The van der Waals surface area contributed by atoms with Crippen LogP contribution in [0.15, 0.2) is 53.1 Å². The molecule has 3 rings (SSSR count). The molecule has 2 aromatic rings. The molecule has 1 aliphatic rings. The number of amides is 1. The van der Waals surface area contributed by atoms with E-state index in [0.29, 0.717) is 25.6 Å². The summed E-state index contributed by atoms with van der Waals surface area (Å²) in [5, 5.41) is 9.26. The monoisotopic (exact) mass is 328 g/mol. The van der Waals surface area contributed by atoms with E-state index >= 15 is 0 Å². The zero-order chi connectivity index (χ0) is 16.8. The Hall–Kier alpha value is -2.11. The van der Waals surface area contributed by atoms with Crippen LogP contribution >= 0.6 is 0 Å². The first-order valence-corrected chi connectivity index (χ1v) is 8.42. The zero-order valence-corrected chi connectivity index (χ0v) is 13.8. The van der Waals surface area contributed by atoms with Gasteiger partial charge < -0.3 is 14.4 Å². The van der Waals surface area contributed by atoms with Crippen LogP contribution in [0.1, 0.15) is 17.7 Å². The summed E-state index contributed by atoms with van der Waals surface area (Å²) in [5.74, 6) is 1.17. The van der Waals surface area contributed by atoms with Crippen molar-refractivity contribution in [3.05, 3.63) is 60.1 Å². The van der Waals surface area contributed by atoms with Crippen LogP contribution in [0.3, 0.4) is 0 Å². The highest BCUT2D eigenvalue weighted by molar-refractivity contribution is 5.78. The van der Waals surface area contributed by atoms with E-state index in [0.717, 1.165) is 30.8 Å². The van der Waals surface area contributed by atoms with Gasteiger partial charge in [-0.05, 0) is 36.6 Å². The number of nitrogens with zero attached hydrogens (tertiary/aromatic N) is 2. The van der Waals surface area contributed by atoms with Gasteiger partial charge in [-0.25, -0.2) is 0 Å². The van der Waals surface area contributed by atoms with Gasteiger partial charge in [0.15, 0.2) is 0 Å². The number of rotatable bonds is 7. The molecule has 1 amide bonds. The van der Waals surface area contributed by atoms with Crippen molar-refractivity contribution in [2.24, 2.45) is 5.92 Å². The van der Waals surface area contributed by atoms with Gasteiger partial charge in [0.1, 0.15) is 5.76 Å². The number of hydrogen-bond donors (Lipinski definition) is 1. The highest BCUT2D eigenvalue weighted by atomic mass is 16.3. The molecular weight excluding hydrogens is 304 g/mol. The molecule has 0 spiro atoms. The first-order chi connectivity index (χ1) is 11.7. The summed E-state index contributed by atoms with van der Waals surface area (Å²) in [7, 11) is 0. The minimum absolute atomic E-state index is 0.0915. The van der Waals surface area contributed by atoms with Crippen LogP contribution in [0.2, 0.25) is 0 Å². The average molecular weight is 328 g/mol. The third-order valence-corrected chi connectivity index (χ3v) is 4.48. The van der Waals surface area contributed by atoms with E-state index < -0.39 is 0 Å². The molecule has 1 fully saturated rings. The average Bonchev–Trinajstić information content (AvgIpc) is 3.27. The van der Waals surface area contributed by atoms with Crippen LogP contribution in [0.25, 0.3) is 0 Å². The van der Waals surface area contributed by atoms with Crippen molar-refractivity contribution in [1.29, 1.82) is 0 Å². The molecule has 5 heteroatoms. The van der Waals surface area contributed by atoms with Gasteiger partial charge in [0.05, 0.1) is 19.4 Å². The van der Waals surface area contributed by atoms with Crippen LogP contribution in [-0.4, -0.2) is 47.1 Å². The minimum atomic E-state index is 0.0915. The number of aliphatic hydroxyl groups is 1. The molecule has 1 aliphatic heterocycles. The van der Waals surface area contributed by atoms with Crippen LogP contribution in [-0.2, 0) is 17.9 Å². The predicted octanol–water partition coefficient (Wildman–Crippen LogP) is 2.12. The number of benzene rings is 1. The third-order valence-electron chi connectivity index (χ3n) is 4.48. The van der Waals surface area contributed by atoms with Gasteiger partial charge in [-0.1, -0.05) is 30.3 Å². The minimum Gasteiger partial charge on any atom is -0.467 e. The number of carbonyl (C=O) groups is 1. The summed E-state index contributed by atoms with van der Waals surface area (Å²) in [5.41, 5.74) is 1.10. The predicted molar refractivity (Wildman–Crippen MR) is 91.0 cm³/mol. The van der Waals surface area contributed by atoms with Crippen LogP contribution in [0.4, 0.5) is 0 Å². The van der Waals surface area contributed by atoms with Crippen molar-refractivity contribution >= 4 is 5.91 Å². The van der Waals surface area contributed by atoms with Crippen molar-refractivity contribution < 1.29 is 14.3 Å². The molecule has 0 radical (unpaired) electrons. The van der Waals surface area contributed by atoms with E-state index in [1.807, 2.05) is 47.4 Å². The fourth-order valence-electron chi connectivity index (χ4n) is 3.12. The van der Waals surface area contributed by atoms with Crippen LogP contribution in [0, 0.1) is 5.92 Å². The van der Waals surface area contributed by atoms with Gasteiger partial charge >= 0.3 is 0 Å². The van der Waals surface area contributed by atoms with Crippen molar-refractivity contribution in [2.75, 3.05) is 26.2 Å². The zero-order valence-electron chi connectivity index (χ0n) is 13.8. The Morgan fingerprint density at radius 1 is 1.21 bits per heavy atom. The maximum atomic E-state index is 12.8. The molecule has 1 unspecified atom stereocenters. The van der Waals surface area contributed by atoms with Gasteiger partial charge in [0, 0.05) is 19.7 Å². The SMILES string of the molecule is O=C(CN1CCC(CO)C1)N(Cc1ccccc1)Cc1ccco1. The Balaban J connectivity index is 1.65. The fraction of sp³-hybridized carbons (Fsp3) is 0.421. The number of likely N-dealkylation sites (tertiary alicyclic amines) is 1. The van der Waals surface area contributed by atoms with Crippen molar-refractivity contribution in [2.45, 2.75) is 19.5 Å². The quantitative estimate of drug-likeness (QED) is 0.846. The Bertz CT molecular complexity index is 627. The lowest BCUT2D eigenvalue weighted by atomic mass is 10.1. The Labute approximate surface area is 142 Å². The summed E-state index contributed by atoms with van der Waals surface area (Å²) in [4.78, 5) is 16.8. The number of hydrogen-bond acceptors (Lipinski definition) is 4. The summed E-state index contributed by atoms with van der Waals surface area (Å²) in [6.45, 7) is 3.30. The largest absolute Gasteiger partial charge is 0.467 e. The molecule has 2 heterocycles. The highest BCUT2D eigenvalue weighted by Gasteiger charge is 2.25. The second kappa shape index (κ2) is 8.13. The second-order valence-corrected chi connectivity index (χ2v) is 6.39. The maximum absolute atomic E-state index is 12.8. The summed E-state index contributed by atoms with van der Waals surface area (Å²) in [6, 6.07) is 13.7. The third kappa shape index (κ3) is 4.46.